The van der Waals surface area contributed by atoms with E-state index in [-0.39, 0.29) is 10.3 Å². The van der Waals surface area contributed by atoms with Crippen LogP contribution in [0.1, 0.15) is 17.8 Å². The first kappa shape index (κ1) is 13.0. The quantitative estimate of drug-likeness (QED) is 0.939. The standard InChI is InChI=1S/C10H10ClNO2S3/c1-7(8-3-2-6-15-8)12-17(13,14)10-5-4-9(11)16-10/h2-7,12H,1H3. The van der Waals surface area contributed by atoms with Crippen molar-refractivity contribution in [1.82, 2.24) is 4.72 Å². The van der Waals surface area contributed by atoms with E-state index in [9.17, 15) is 8.42 Å². The summed E-state index contributed by atoms with van der Waals surface area (Å²) in [5, 5.41) is 1.92. The molecule has 2 aromatic rings. The van der Waals surface area contributed by atoms with Gasteiger partial charge in [-0.15, -0.1) is 22.7 Å². The molecule has 2 rings (SSSR count). The Morgan fingerprint density at radius 2 is 2.12 bits per heavy atom. The predicted octanol–water partition coefficient (Wildman–Crippen LogP) is 3.50. The van der Waals surface area contributed by atoms with Crippen LogP contribution in [-0.4, -0.2) is 8.42 Å². The Labute approximate surface area is 113 Å². The van der Waals surface area contributed by atoms with Crippen LogP contribution < -0.4 is 4.72 Å². The third-order valence-corrected chi connectivity index (χ3v) is 6.43. The van der Waals surface area contributed by atoms with Crippen molar-refractivity contribution in [2.24, 2.45) is 0 Å². The zero-order valence-electron chi connectivity index (χ0n) is 8.88. The van der Waals surface area contributed by atoms with Gasteiger partial charge >= 0.3 is 0 Å². The monoisotopic (exact) mass is 307 g/mol. The Hall–Kier alpha value is -0.400. The van der Waals surface area contributed by atoms with Crippen LogP contribution in [0.4, 0.5) is 0 Å². The second-order valence-corrected chi connectivity index (χ2v) is 8.05. The Morgan fingerprint density at radius 3 is 2.65 bits per heavy atom. The van der Waals surface area contributed by atoms with Crippen molar-refractivity contribution in [3.05, 3.63) is 38.9 Å². The molecule has 3 nitrogen and oxygen atoms in total. The maximum atomic E-state index is 12.0. The topological polar surface area (TPSA) is 46.2 Å². The molecule has 0 aliphatic heterocycles. The van der Waals surface area contributed by atoms with E-state index < -0.39 is 10.0 Å². The van der Waals surface area contributed by atoms with Gasteiger partial charge in [0.15, 0.2) is 0 Å². The Morgan fingerprint density at radius 1 is 1.35 bits per heavy atom. The average Bonchev–Trinajstić information content (AvgIpc) is 2.86. The molecule has 92 valence electrons. The second kappa shape index (κ2) is 5.07. The summed E-state index contributed by atoms with van der Waals surface area (Å²) in [7, 11) is -3.47. The number of hydrogen-bond donors (Lipinski definition) is 1. The van der Waals surface area contributed by atoms with Crippen LogP contribution in [-0.2, 0) is 10.0 Å². The lowest BCUT2D eigenvalue weighted by molar-refractivity contribution is 0.570. The molecule has 1 atom stereocenters. The van der Waals surface area contributed by atoms with E-state index in [1.165, 1.54) is 17.4 Å². The first-order valence-corrected chi connectivity index (χ1v) is 8.36. The van der Waals surface area contributed by atoms with Gasteiger partial charge < -0.3 is 0 Å². The van der Waals surface area contributed by atoms with Crippen molar-refractivity contribution in [2.75, 3.05) is 0 Å². The van der Waals surface area contributed by atoms with Crippen molar-refractivity contribution < 1.29 is 8.42 Å². The molecule has 0 fully saturated rings. The largest absolute Gasteiger partial charge is 0.250 e. The molecule has 0 saturated heterocycles. The maximum Gasteiger partial charge on any atom is 0.250 e. The van der Waals surface area contributed by atoms with E-state index in [1.807, 2.05) is 24.4 Å². The number of hydrogen-bond acceptors (Lipinski definition) is 4. The third kappa shape index (κ3) is 3.08. The summed E-state index contributed by atoms with van der Waals surface area (Å²) in [4.78, 5) is 0.983. The van der Waals surface area contributed by atoms with Crippen LogP contribution in [0.5, 0.6) is 0 Å². The number of halogens is 1. The molecule has 0 aliphatic carbocycles. The molecule has 0 spiro atoms. The molecule has 0 bridgehead atoms. The summed E-state index contributed by atoms with van der Waals surface area (Å²) in [5.74, 6) is 0. The van der Waals surface area contributed by atoms with Gasteiger partial charge in [0, 0.05) is 4.88 Å². The normalized spacial score (nSPS) is 13.8. The molecule has 1 unspecified atom stereocenters. The minimum Gasteiger partial charge on any atom is -0.206 e. The molecule has 7 heteroatoms. The lowest BCUT2D eigenvalue weighted by atomic mass is 10.3. The van der Waals surface area contributed by atoms with Gasteiger partial charge in [0.05, 0.1) is 10.4 Å². The molecular formula is C10H10ClNO2S3. The lowest BCUT2D eigenvalue weighted by Gasteiger charge is -2.11. The highest BCUT2D eigenvalue weighted by Crippen LogP contribution is 2.27. The molecule has 0 amide bonds. The zero-order valence-corrected chi connectivity index (χ0v) is 12.1. The van der Waals surface area contributed by atoms with Crippen molar-refractivity contribution in [3.8, 4) is 0 Å². The Balaban J connectivity index is 2.18. The first-order valence-electron chi connectivity index (χ1n) is 4.80. The van der Waals surface area contributed by atoms with Crippen molar-refractivity contribution >= 4 is 44.3 Å². The van der Waals surface area contributed by atoms with E-state index >= 15 is 0 Å². The van der Waals surface area contributed by atoms with Gasteiger partial charge in [-0.25, -0.2) is 13.1 Å². The summed E-state index contributed by atoms with van der Waals surface area (Å²) in [5.41, 5.74) is 0. The SMILES string of the molecule is CC(NS(=O)(=O)c1ccc(Cl)s1)c1cccs1. The Bertz CT molecular complexity index is 589. The number of thiophene rings is 2. The lowest BCUT2D eigenvalue weighted by Crippen LogP contribution is -2.25. The maximum absolute atomic E-state index is 12.0. The molecular weight excluding hydrogens is 298 g/mol. The van der Waals surface area contributed by atoms with Crippen LogP contribution >= 0.6 is 34.3 Å². The molecule has 2 heterocycles. The van der Waals surface area contributed by atoms with Crippen LogP contribution in [0.3, 0.4) is 0 Å². The Kier molecular flexibility index (Phi) is 3.89. The molecule has 1 N–H and O–H groups in total. The number of rotatable bonds is 4. The third-order valence-electron chi connectivity index (χ3n) is 2.12. The fourth-order valence-corrected chi connectivity index (χ4v) is 4.86. The van der Waals surface area contributed by atoms with Gasteiger partial charge in [-0.05, 0) is 30.5 Å². The summed E-state index contributed by atoms with van der Waals surface area (Å²) >= 11 is 8.31. The van der Waals surface area contributed by atoms with Crippen LogP contribution in [0.2, 0.25) is 4.34 Å². The van der Waals surface area contributed by atoms with Gasteiger partial charge in [-0.1, -0.05) is 17.7 Å². The van der Waals surface area contributed by atoms with Crippen molar-refractivity contribution in [1.29, 1.82) is 0 Å². The molecule has 2 aromatic heterocycles. The molecule has 0 aromatic carbocycles. The highest BCUT2D eigenvalue weighted by Gasteiger charge is 2.20. The molecule has 0 aliphatic rings. The number of sulfonamides is 1. The predicted molar refractivity (Wildman–Crippen MR) is 72.4 cm³/mol. The molecule has 0 saturated carbocycles. The minimum absolute atomic E-state index is 0.235. The molecule has 17 heavy (non-hydrogen) atoms. The van der Waals surface area contributed by atoms with Crippen LogP contribution in [0.15, 0.2) is 33.9 Å². The highest BCUT2D eigenvalue weighted by molar-refractivity contribution is 7.91. The van der Waals surface area contributed by atoms with Crippen molar-refractivity contribution in [3.63, 3.8) is 0 Å². The molecule has 0 radical (unpaired) electrons. The van der Waals surface area contributed by atoms with E-state index in [4.69, 9.17) is 11.6 Å². The zero-order chi connectivity index (χ0) is 12.5. The summed E-state index contributed by atoms with van der Waals surface area (Å²) in [6, 6.07) is 6.65. The van der Waals surface area contributed by atoms with E-state index in [0.717, 1.165) is 16.2 Å². The first-order chi connectivity index (χ1) is 7.99. The highest BCUT2D eigenvalue weighted by atomic mass is 35.5. The van der Waals surface area contributed by atoms with Crippen molar-refractivity contribution in [2.45, 2.75) is 17.2 Å². The van der Waals surface area contributed by atoms with Gasteiger partial charge in [0.25, 0.3) is 10.0 Å². The smallest absolute Gasteiger partial charge is 0.206 e. The van der Waals surface area contributed by atoms with Gasteiger partial charge in [0.1, 0.15) is 4.21 Å². The fourth-order valence-electron chi connectivity index (χ4n) is 1.33. The fraction of sp³-hybridized carbons (Fsp3) is 0.200. The van der Waals surface area contributed by atoms with E-state index in [2.05, 4.69) is 4.72 Å². The van der Waals surface area contributed by atoms with Gasteiger partial charge in [-0.3, -0.25) is 0 Å². The number of nitrogens with one attached hydrogen (secondary N) is 1. The van der Waals surface area contributed by atoms with E-state index in [1.54, 1.807) is 6.07 Å². The van der Waals surface area contributed by atoms with E-state index in [0.29, 0.717) is 4.34 Å². The summed E-state index contributed by atoms with van der Waals surface area (Å²) in [6.45, 7) is 1.82. The summed E-state index contributed by atoms with van der Waals surface area (Å²) in [6.07, 6.45) is 0. The minimum atomic E-state index is -3.47. The van der Waals surface area contributed by atoms with Gasteiger partial charge in [0.2, 0.25) is 0 Å². The second-order valence-electron chi connectivity index (χ2n) is 3.42. The summed E-state index contributed by atoms with van der Waals surface area (Å²) < 4.78 is 27.3. The average molecular weight is 308 g/mol. The van der Waals surface area contributed by atoms with Crippen LogP contribution in [0, 0.1) is 0 Å². The van der Waals surface area contributed by atoms with Crippen LogP contribution in [0.25, 0.3) is 0 Å². The van der Waals surface area contributed by atoms with Gasteiger partial charge in [-0.2, -0.15) is 0 Å².